The average Bonchev–Trinajstić information content (AvgIpc) is 2.57. The fraction of sp³-hybridized carbons (Fsp3) is 0.818. The van der Waals surface area contributed by atoms with Gasteiger partial charge in [0.25, 0.3) is 17.9 Å². The second-order valence-corrected chi connectivity index (χ2v) is 6.94. The summed E-state index contributed by atoms with van der Waals surface area (Å²) in [6.07, 6.45) is 17.3. The van der Waals surface area contributed by atoms with Gasteiger partial charge >= 0.3 is 5.97 Å². The molecule has 0 aliphatic heterocycles. The van der Waals surface area contributed by atoms with Gasteiger partial charge in [-0.2, -0.15) is 0 Å². The van der Waals surface area contributed by atoms with Crippen molar-refractivity contribution >= 4 is 23.9 Å². The molecule has 0 heterocycles. The molecule has 4 N–H and O–H groups in total. The highest BCUT2D eigenvalue weighted by atomic mass is 16.4. The Hall–Kier alpha value is -2.12. The molecule has 8 nitrogen and oxygen atoms in total. The molecule has 0 saturated carbocycles. The summed E-state index contributed by atoms with van der Waals surface area (Å²) in [6.45, 7) is 5.51. The summed E-state index contributed by atoms with van der Waals surface area (Å²) >= 11 is 0. The molecule has 0 atom stereocenters. The van der Waals surface area contributed by atoms with Gasteiger partial charge < -0.3 is 20.4 Å². The lowest BCUT2D eigenvalue weighted by atomic mass is 10.0. The molecule has 0 fully saturated rings. The molecule has 0 spiro atoms. The van der Waals surface area contributed by atoms with Crippen molar-refractivity contribution in [2.45, 2.75) is 118 Å². The van der Waals surface area contributed by atoms with Gasteiger partial charge in [-0.05, 0) is 6.42 Å². The van der Waals surface area contributed by atoms with Gasteiger partial charge in [-0.1, -0.05) is 84.0 Å². The molecule has 0 aromatic rings. The molecule has 0 aromatic carbocycles. The number of hydrogen-bond donors (Lipinski definition) is 4. The summed E-state index contributed by atoms with van der Waals surface area (Å²) < 4.78 is 0. The van der Waals surface area contributed by atoms with E-state index in [9.17, 15) is 4.79 Å². The second-order valence-electron chi connectivity index (χ2n) is 6.94. The zero-order valence-corrected chi connectivity index (χ0v) is 19.3. The van der Waals surface area contributed by atoms with Crippen molar-refractivity contribution in [3.05, 3.63) is 0 Å². The van der Waals surface area contributed by atoms with E-state index in [4.69, 9.17) is 34.8 Å². The minimum atomic E-state index is -0.833. The van der Waals surface area contributed by atoms with Crippen LogP contribution in [0, 0.1) is 0 Å². The van der Waals surface area contributed by atoms with Crippen molar-refractivity contribution in [3.8, 4) is 0 Å². The van der Waals surface area contributed by atoms with Crippen LogP contribution in [0.4, 0.5) is 0 Å². The molecule has 0 radical (unpaired) electrons. The van der Waals surface area contributed by atoms with E-state index in [1.165, 1.54) is 70.6 Å². The van der Waals surface area contributed by atoms with E-state index < -0.39 is 23.9 Å². The lowest BCUT2D eigenvalue weighted by Crippen LogP contribution is -1.93. The maximum atomic E-state index is 10.3. The van der Waals surface area contributed by atoms with Gasteiger partial charge in [0.15, 0.2) is 0 Å². The Kier molecular flexibility index (Phi) is 37.2. The van der Waals surface area contributed by atoms with Crippen LogP contribution >= 0.6 is 0 Å². The first-order chi connectivity index (χ1) is 14.0. The molecule has 0 aliphatic carbocycles. The SMILES string of the molecule is CC(=O)O.CC(=O)O.CC(=O)O.CCCCCCCCCCCCCCCC(=O)O. The van der Waals surface area contributed by atoms with Gasteiger partial charge in [-0.15, -0.1) is 0 Å². The molecule has 0 amide bonds. The summed E-state index contributed by atoms with van der Waals surface area (Å²) in [7, 11) is 0. The lowest BCUT2D eigenvalue weighted by Gasteiger charge is -2.02. The summed E-state index contributed by atoms with van der Waals surface area (Å²) in [5.41, 5.74) is 0. The third kappa shape index (κ3) is 96.6. The Bertz CT molecular complexity index is 367. The predicted octanol–water partition coefficient (Wildman–Crippen LogP) is 5.83. The Balaban J connectivity index is -0.000000229. The third-order valence-electron chi connectivity index (χ3n) is 3.49. The number of carboxylic acids is 4. The molecule has 0 bridgehead atoms. The van der Waals surface area contributed by atoms with Crippen molar-refractivity contribution in [3.63, 3.8) is 0 Å². The number of carbonyl (C=O) groups is 4. The number of rotatable bonds is 14. The second kappa shape index (κ2) is 31.6. The highest BCUT2D eigenvalue weighted by molar-refractivity contribution is 5.66. The smallest absolute Gasteiger partial charge is 0.303 e. The van der Waals surface area contributed by atoms with Crippen LogP contribution in [0.25, 0.3) is 0 Å². The normalized spacial score (nSPS) is 8.93. The van der Waals surface area contributed by atoms with Crippen molar-refractivity contribution < 1.29 is 39.6 Å². The molecule has 30 heavy (non-hydrogen) atoms. The first-order valence-corrected chi connectivity index (χ1v) is 10.8. The Morgan fingerprint density at radius 3 is 0.867 bits per heavy atom. The maximum absolute atomic E-state index is 10.3. The lowest BCUT2D eigenvalue weighted by molar-refractivity contribution is -0.137. The number of aliphatic carboxylic acids is 4. The Labute approximate surface area is 181 Å². The number of carboxylic acid groups (broad SMARTS) is 4. The number of unbranched alkanes of at least 4 members (excludes halogenated alkanes) is 12. The summed E-state index contributed by atoms with van der Waals surface area (Å²) in [4.78, 5) is 37.3. The summed E-state index contributed by atoms with van der Waals surface area (Å²) in [5.74, 6) is -3.15. The monoisotopic (exact) mass is 436 g/mol. The van der Waals surface area contributed by atoms with E-state index in [0.29, 0.717) is 6.42 Å². The van der Waals surface area contributed by atoms with Crippen LogP contribution in [0.2, 0.25) is 0 Å². The highest BCUT2D eigenvalue weighted by Crippen LogP contribution is 2.12. The minimum Gasteiger partial charge on any atom is -0.481 e. The quantitative estimate of drug-likeness (QED) is 0.249. The van der Waals surface area contributed by atoms with Gasteiger partial charge in [0.1, 0.15) is 0 Å². The van der Waals surface area contributed by atoms with Crippen molar-refractivity contribution in [1.29, 1.82) is 0 Å². The minimum absolute atomic E-state index is 0.345. The third-order valence-corrected chi connectivity index (χ3v) is 3.49. The summed E-state index contributed by atoms with van der Waals surface area (Å²) in [6, 6.07) is 0. The average molecular weight is 437 g/mol. The largest absolute Gasteiger partial charge is 0.481 e. The molecule has 180 valence electrons. The molecule has 8 heteroatoms. The Morgan fingerprint density at radius 2 is 0.667 bits per heavy atom. The van der Waals surface area contributed by atoms with Crippen molar-refractivity contribution in [2.75, 3.05) is 0 Å². The van der Waals surface area contributed by atoms with E-state index in [2.05, 4.69) is 6.92 Å². The molecule has 0 unspecified atom stereocenters. The van der Waals surface area contributed by atoms with Crippen LogP contribution in [-0.4, -0.2) is 44.3 Å². The molecular formula is C22H44O8. The number of hydrogen-bond acceptors (Lipinski definition) is 4. The maximum Gasteiger partial charge on any atom is 0.303 e. The fourth-order valence-electron chi connectivity index (χ4n) is 2.29. The van der Waals surface area contributed by atoms with Crippen molar-refractivity contribution in [2.24, 2.45) is 0 Å². The van der Waals surface area contributed by atoms with Gasteiger partial charge in [-0.3, -0.25) is 19.2 Å². The highest BCUT2D eigenvalue weighted by Gasteiger charge is 1.96. The van der Waals surface area contributed by atoms with E-state index in [1.54, 1.807) is 0 Å². The zero-order valence-electron chi connectivity index (χ0n) is 19.3. The predicted molar refractivity (Wildman–Crippen MR) is 118 cm³/mol. The fourth-order valence-corrected chi connectivity index (χ4v) is 2.29. The Morgan fingerprint density at radius 1 is 0.467 bits per heavy atom. The molecule has 0 aromatic heterocycles. The van der Waals surface area contributed by atoms with E-state index >= 15 is 0 Å². The van der Waals surface area contributed by atoms with Gasteiger partial charge in [-0.25, -0.2) is 0 Å². The van der Waals surface area contributed by atoms with Crippen LogP contribution in [0.15, 0.2) is 0 Å². The molecule has 0 saturated heterocycles. The van der Waals surface area contributed by atoms with Gasteiger partial charge in [0, 0.05) is 27.2 Å². The first kappa shape index (κ1) is 35.3. The van der Waals surface area contributed by atoms with Crippen molar-refractivity contribution in [1.82, 2.24) is 0 Å². The van der Waals surface area contributed by atoms with E-state index in [1.807, 2.05) is 0 Å². The van der Waals surface area contributed by atoms with Gasteiger partial charge in [0.05, 0.1) is 0 Å². The summed E-state index contributed by atoms with van der Waals surface area (Å²) in [5, 5.41) is 30.7. The zero-order chi connectivity index (χ0) is 24.2. The van der Waals surface area contributed by atoms with Crippen LogP contribution in [0.1, 0.15) is 118 Å². The van der Waals surface area contributed by atoms with Crippen LogP contribution in [-0.2, 0) is 19.2 Å². The molecule has 0 rings (SSSR count). The van der Waals surface area contributed by atoms with Crippen LogP contribution < -0.4 is 0 Å². The molecule has 0 aliphatic rings. The topological polar surface area (TPSA) is 149 Å². The van der Waals surface area contributed by atoms with Crippen LogP contribution in [0.5, 0.6) is 0 Å². The van der Waals surface area contributed by atoms with Crippen LogP contribution in [0.3, 0.4) is 0 Å². The first-order valence-electron chi connectivity index (χ1n) is 10.8. The van der Waals surface area contributed by atoms with E-state index in [0.717, 1.165) is 33.6 Å². The van der Waals surface area contributed by atoms with E-state index in [-0.39, 0.29) is 0 Å². The van der Waals surface area contributed by atoms with Gasteiger partial charge in [0.2, 0.25) is 0 Å². The standard InChI is InChI=1S/C16H32O2.3C2H4O2/c1-2-3-4-5-6-7-8-9-10-11-12-13-14-15-16(17)18;3*1-2(3)4/h2-15H2,1H3,(H,17,18);3*1H3,(H,3,4). The molecular weight excluding hydrogens is 392 g/mol.